The Labute approximate surface area is 72.6 Å². The van der Waals surface area contributed by atoms with Crippen molar-refractivity contribution < 1.29 is 34.5 Å². The molecule has 0 unspecified atom stereocenters. The molecule has 0 aliphatic heterocycles. The zero-order valence-corrected chi connectivity index (χ0v) is 6.47. The zero-order valence-electron chi connectivity index (χ0n) is 6.47. The van der Waals surface area contributed by atoms with Crippen molar-refractivity contribution in [1.29, 1.82) is 0 Å². The average molecular weight is 192 g/mol. The summed E-state index contributed by atoms with van der Waals surface area (Å²) in [5.74, 6) is -3.58. The van der Waals surface area contributed by atoms with Crippen LogP contribution in [0.4, 0.5) is 0 Å². The Morgan fingerprint density at radius 2 is 1.15 bits per heavy atom. The normalized spacial score (nSPS) is 7.69. The first kappa shape index (κ1) is 13.7. The van der Waals surface area contributed by atoms with Crippen LogP contribution in [0.5, 0.6) is 0 Å². The molecule has 3 N–H and O–H groups in total. The summed E-state index contributed by atoms with van der Waals surface area (Å²) in [5, 5.41) is 23.2. The molecule has 7 heteroatoms. The summed E-state index contributed by atoms with van der Waals surface area (Å²) < 4.78 is 0. The van der Waals surface area contributed by atoms with E-state index in [4.69, 9.17) is 24.9 Å². The molecule has 0 spiro atoms. The van der Waals surface area contributed by atoms with Crippen molar-refractivity contribution >= 4 is 24.2 Å². The van der Waals surface area contributed by atoms with Crippen molar-refractivity contribution in [3.63, 3.8) is 0 Å². The fraction of sp³-hybridized carbons (Fsp3) is 0.333. The number of aldehydes is 1. The number of carboxylic acid groups (broad SMARTS) is 3. The molecule has 0 rings (SSSR count). The molecule has 7 nitrogen and oxygen atoms in total. The maximum absolute atomic E-state index is 9.64. The fourth-order valence-electron chi connectivity index (χ4n) is 0.214. The van der Waals surface area contributed by atoms with Gasteiger partial charge in [-0.15, -0.1) is 0 Å². The Morgan fingerprint density at radius 3 is 1.23 bits per heavy atom. The van der Waals surface area contributed by atoms with Crippen molar-refractivity contribution in [2.75, 3.05) is 0 Å². The number of hydrogen-bond acceptors (Lipinski definition) is 4. The standard InChI is InChI=1S/C4H6O4.C2H2O3/c5-3(6)1-2-4(7)8;3-1-2(4)5/h1-2H2,(H,5,6)(H,7,8);1H,(H,4,5). The van der Waals surface area contributed by atoms with Crippen LogP contribution in [-0.2, 0) is 19.2 Å². The van der Waals surface area contributed by atoms with Gasteiger partial charge in [-0.1, -0.05) is 0 Å². The fourth-order valence-corrected chi connectivity index (χ4v) is 0.214. The minimum atomic E-state index is -1.43. The van der Waals surface area contributed by atoms with Gasteiger partial charge in [-0.2, -0.15) is 0 Å². The average Bonchev–Trinajstić information content (AvgIpc) is 2.02. The molecule has 0 aromatic heterocycles. The highest BCUT2D eigenvalue weighted by Gasteiger charge is 2.00. The smallest absolute Gasteiger partial charge is 0.368 e. The first-order valence-corrected chi connectivity index (χ1v) is 3.01. The molecule has 0 radical (unpaired) electrons. The van der Waals surface area contributed by atoms with Gasteiger partial charge in [-0.3, -0.25) is 14.4 Å². The topological polar surface area (TPSA) is 129 Å². The highest BCUT2D eigenvalue weighted by molar-refractivity contribution is 6.19. The third kappa shape index (κ3) is 25.5. The number of carbonyl (C=O) groups excluding carboxylic acids is 1. The molecule has 0 atom stereocenters. The predicted molar refractivity (Wildman–Crippen MR) is 38.2 cm³/mol. The number of carbonyl (C=O) groups is 4. The second-order valence-corrected chi connectivity index (χ2v) is 1.74. The van der Waals surface area contributed by atoms with Gasteiger partial charge in [-0.05, 0) is 0 Å². The monoisotopic (exact) mass is 192 g/mol. The van der Waals surface area contributed by atoms with Gasteiger partial charge in [0.25, 0.3) is 0 Å². The van der Waals surface area contributed by atoms with Crippen LogP contribution in [-0.4, -0.2) is 39.5 Å². The van der Waals surface area contributed by atoms with Crippen LogP contribution in [0.2, 0.25) is 0 Å². The first-order chi connectivity index (χ1) is 5.90. The largest absolute Gasteiger partial charge is 0.481 e. The minimum absolute atomic E-state index is 0.167. The van der Waals surface area contributed by atoms with Crippen molar-refractivity contribution in [3.8, 4) is 0 Å². The van der Waals surface area contributed by atoms with Crippen molar-refractivity contribution in [2.24, 2.45) is 0 Å². The summed E-state index contributed by atoms with van der Waals surface area (Å²) in [6.07, 6.45) is -0.759. The van der Waals surface area contributed by atoms with Gasteiger partial charge in [0.1, 0.15) is 0 Å². The second-order valence-electron chi connectivity index (χ2n) is 1.74. The zero-order chi connectivity index (χ0) is 10.9. The Hall–Kier alpha value is -1.92. The van der Waals surface area contributed by atoms with Crippen LogP contribution in [0, 0.1) is 0 Å². The Balaban J connectivity index is 0. The van der Waals surface area contributed by atoms with Crippen LogP contribution < -0.4 is 0 Å². The van der Waals surface area contributed by atoms with E-state index in [-0.39, 0.29) is 19.1 Å². The van der Waals surface area contributed by atoms with Gasteiger partial charge in [0, 0.05) is 0 Å². The Morgan fingerprint density at radius 1 is 0.923 bits per heavy atom. The first-order valence-electron chi connectivity index (χ1n) is 3.01. The van der Waals surface area contributed by atoms with Crippen LogP contribution >= 0.6 is 0 Å². The summed E-state index contributed by atoms with van der Waals surface area (Å²) in [4.78, 5) is 37.2. The Bertz CT molecular complexity index is 193. The van der Waals surface area contributed by atoms with Crippen molar-refractivity contribution in [3.05, 3.63) is 0 Å². The van der Waals surface area contributed by atoms with E-state index in [2.05, 4.69) is 0 Å². The Kier molecular flexibility index (Phi) is 8.59. The summed E-state index contributed by atoms with van der Waals surface area (Å²) >= 11 is 0. The van der Waals surface area contributed by atoms with Gasteiger partial charge in [0.2, 0.25) is 6.29 Å². The third-order valence-electron chi connectivity index (χ3n) is 0.654. The lowest BCUT2D eigenvalue weighted by Crippen LogP contribution is -2.00. The molecular weight excluding hydrogens is 184 g/mol. The lowest BCUT2D eigenvalue weighted by atomic mass is 10.3. The summed E-state index contributed by atoms with van der Waals surface area (Å²) in [5.41, 5.74) is 0. The van der Waals surface area contributed by atoms with E-state index >= 15 is 0 Å². The lowest BCUT2D eigenvalue weighted by molar-refractivity contribution is -0.143. The number of rotatable bonds is 4. The van der Waals surface area contributed by atoms with Gasteiger partial charge >= 0.3 is 17.9 Å². The number of aliphatic carboxylic acids is 3. The molecule has 74 valence electrons. The van der Waals surface area contributed by atoms with E-state index in [1.165, 1.54) is 0 Å². The van der Waals surface area contributed by atoms with E-state index in [0.717, 1.165) is 0 Å². The molecule has 0 aromatic carbocycles. The molecule has 13 heavy (non-hydrogen) atoms. The van der Waals surface area contributed by atoms with Crippen LogP contribution in [0.15, 0.2) is 0 Å². The van der Waals surface area contributed by atoms with Crippen LogP contribution in [0.25, 0.3) is 0 Å². The molecule has 0 amide bonds. The van der Waals surface area contributed by atoms with Gasteiger partial charge in [-0.25, -0.2) is 4.79 Å². The maximum Gasteiger partial charge on any atom is 0.368 e. The van der Waals surface area contributed by atoms with Gasteiger partial charge in [0.15, 0.2) is 0 Å². The molecule has 0 aliphatic rings. The molecule has 0 heterocycles. The number of carboxylic acids is 3. The lowest BCUT2D eigenvalue weighted by Gasteiger charge is -1.85. The summed E-state index contributed by atoms with van der Waals surface area (Å²) in [7, 11) is 0. The summed E-state index contributed by atoms with van der Waals surface area (Å²) in [6, 6.07) is 0. The molecular formula is C6H8O7. The predicted octanol–water partition coefficient (Wildman–Crippen LogP) is -0.794. The molecule has 0 saturated carbocycles. The van der Waals surface area contributed by atoms with E-state index in [1.54, 1.807) is 0 Å². The van der Waals surface area contributed by atoms with E-state index in [9.17, 15) is 9.59 Å². The number of hydrogen-bond donors (Lipinski definition) is 3. The van der Waals surface area contributed by atoms with E-state index in [1.807, 2.05) is 0 Å². The van der Waals surface area contributed by atoms with Gasteiger partial charge < -0.3 is 15.3 Å². The summed E-state index contributed by atoms with van der Waals surface area (Å²) in [6.45, 7) is 0. The maximum atomic E-state index is 9.64. The molecule has 0 saturated heterocycles. The highest BCUT2D eigenvalue weighted by Crippen LogP contribution is 1.86. The third-order valence-corrected chi connectivity index (χ3v) is 0.654. The second kappa shape index (κ2) is 8.18. The molecule has 0 bridgehead atoms. The van der Waals surface area contributed by atoms with E-state index < -0.39 is 17.9 Å². The molecule has 0 aromatic rings. The van der Waals surface area contributed by atoms with Crippen LogP contribution in [0.3, 0.4) is 0 Å². The molecule has 0 fully saturated rings. The van der Waals surface area contributed by atoms with Crippen molar-refractivity contribution in [1.82, 2.24) is 0 Å². The van der Waals surface area contributed by atoms with Crippen LogP contribution in [0.1, 0.15) is 12.8 Å². The molecule has 0 aliphatic carbocycles. The minimum Gasteiger partial charge on any atom is -0.481 e. The quantitative estimate of drug-likeness (QED) is 0.393. The SMILES string of the molecule is O=C(O)CCC(=O)O.O=CC(=O)O. The van der Waals surface area contributed by atoms with Gasteiger partial charge in [0.05, 0.1) is 12.8 Å². The van der Waals surface area contributed by atoms with Crippen molar-refractivity contribution in [2.45, 2.75) is 12.8 Å². The highest BCUT2D eigenvalue weighted by atomic mass is 16.4. The van der Waals surface area contributed by atoms with E-state index in [0.29, 0.717) is 0 Å².